The molecule has 0 aliphatic carbocycles. The van der Waals surface area contributed by atoms with E-state index in [1.165, 1.54) is 0 Å². The molecule has 1 saturated heterocycles. The number of aromatic nitrogens is 1. The molecule has 0 atom stereocenters. The van der Waals surface area contributed by atoms with Crippen molar-refractivity contribution in [2.45, 2.75) is 0 Å². The van der Waals surface area contributed by atoms with Gasteiger partial charge in [0.25, 0.3) is 0 Å². The number of ether oxygens (including phenoxy) is 1. The van der Waals surface area contributed by atoms with Gasteiger partial charge in [-0.15, -0.1) is 0 Å². The number of nitrogens with zero attached hydrogens (tertiary/aromatic N) is 2. The van der Waals surface area contributed by atoms with E-state index in [4.69, 9.17) is 15.1 Å². The molecule has 1 aromatic heterocycles. The summed E-state index contributed by atoms with van der Waals surface area (Å²) < 4.78 is 89.0. The SMILES string of the molecule is [2H]c1c(Br)nc(N2C([2H])([2H])C([2H])([2H])OC([2H])([2H])C2([2H])[2H])c([2H])c1[2H]. The lowest BCUT2D eigenvalue weighted by Crippen LogP contribution is -2.36. The third-order valence-electron chi connectivity index (χ3n) is 1.17. The zero-order valence-corrected chi connectivity index (χ0v) is 7.77. The van der Waals surface area contributed by atoms with Crippen molar-refractivity contribution in [2.75, 3.05) is 31.0 Å². The minimum atomic E-state index is -3.29. The van der Waals surface area contributed by atoms with Gasteiger partial charge in [-0.25, -0.2) is 4.98 Å². The van der Waals surface area contributed by atoms with Crippen molar-refractivity contribution in [1.29, 1.82) is 0 Å². The molecule has 0 amide bonds. The first-order valence-electron chi connectivity index (χ1n) is 8.72. The first-order chi connectivity index (χ1) is 10.6. The van der Waals surface area contributed by atoms with Gasteiger partial charge in [0.15, 0.2) is 0 Å². The van der Waals surface area contributed by atoms with Gasteiger partial charge in [0.1, 0.15) is 10.4 Å². The molecule has 3 nitrogen and oxygen atoms in total. The lowest BCUT2D eigenvalue weighted by Gasteiger charge is -2.27. The smallest absolute Gasteiger partial charge is 0.130 e. The van der Waals surface area contributed by atoms with Crippen molar-refractivity contribution in [3.8, 4) is 0 Å². The van der Waals surface area contributed by atoms with Gasteiger partial charge in [0.2, 0.25) is 0 Å². The Morgan fingerprint density at radius 3 is 3.08 bits per heavy atom. The van der Waals surface area contributed by atoms with Crippen LogP contribution in [0.15, 0.2) is 22.7 Å². The van der Waals surface area contributed by atoms with Crippen molar-refractivity contribution in [3.63, 3.8) is 0 Å². The topological polar surface area (TPSA) is 25.4 Å². The maximum Gasteiger partial charge on any atom is 0.130 e. The molecule has 1 aromatic rings. The van der Waals surface area contributed by atoms with Crippen LogP contribution in [0.2, 0.25) is 0 Å². The molecule has 13 heavy (non-hydrogen) atoms. The maximum absolute atomic E-state index is 7.89. The summed E-state index contributed by atoms with van der Waals surface area (Å²) in [6.07, 6.45) is 0. The lowest BCUT2D eigenvalue weighted by atomic mass is 10.4. The Morgan fingerprint density at radius 2 is 2.31 bits per heavy atom. The first-order valence-corrected chi connectivity index (χ1v) is 4.01. The third-order valence-corrected chi connectivity index (χ3v) is 1.55. The highest BCUT2D eigenvalue weighted by molar-refractivity contribution is 9.10. The molecule has 0 bridgehead atoms. The number of anilines is 1. The van der Waals surface area contributed by atoms with Gasteiger partial charge in [0.05, 0.1) is 28.2 Å². The quantitative estimate of drug-likeness (QED) is 0.713. The number of halogens is 1. The summed E-state index contributed by atoms with van der Waals surface area (Å²) in [7, 11) is 0. The Hall–Kier alpha value is -0.610. The van der Waals surface area contributed by atoms with Crippen molar-refractivity contribution in [3.05, 3.63) is 22.7 Å². The van der Waals surface area contributed by atoms with E-state index in [1.807, 2.05) is 0 Å². The standard InChI is InChI=1S/C9H11BrN2O/c10-8-2-1-3-9(11-8)12-4-6-13-7-5-12/h1-3H,4-7H2/i1D,2D,3D,4D2,5D2,6D2,7D2. The average molecular weight is 254 g/mol. The molecule has 70 valence electrons. The molecule has 0 spiro atoms. The fraction of sp³-hybridized carbons (Fsp3) is 0.444. The van der Waals surface area contributed by atoms with Crippen molar-refractivity contribution in [1.82, 2.24) is 4.98 Å². The number of hydrogen-bond acceptors (Lipinski definition) is 3. The van der Waals surface area contributed by atoms with Crippen molar-refractivity contribution < 1.29 is 19.8 Å². The normalized spacial score (nSPS) is 45.3. The largest absolute Gasteiger partial charge is 0.378 e. The number of rotatable bonds is 1. The average Bonchev–Trinajstić information content (AvgIpc) is 2.39. The van der Waals surface area contributed by atoms with Crippen LogP contribution in [0.3, 0.4) is 0 Å². The van der Waals surface area contributed by atoms with Crippen LogP contribution in [0, 0.1) is 0 Å². The zero-order valence-electron chi connectivity index (χ0n) is 17.2. The van der Waals surface area contributed by atoms with Crippen LogP contribution >= 0.6 is 15.9 Å². The van der Waals surface area contributed by atoms with Gasteiger partial charge in [-0.3, -0.25) is 0 Å². The van der Waals surface area contributed by atoms with Gasteiger partial charge in [-0.05, 0) is 28.0 Å². The molecule has 0 N–H and O–H groups in total. The van der Waals surface area contributed by atoms with Gasteiger partial charge in [-0.2, -0.15) is 0 Å². The maximum atomic E-state index is 7.89. The predicted molar refractivity (Wildman–Crippen MR) is 55.0 cm³/mol. The molecule has 2 rings (SSSR count). The summed E-state index contributed by atoms with van der Waals surface area (Å²) in [6, 6.07) is -2.04. The predicted octanol–water partition coefficient (Wildman–Crippen LogP) is 1.68. The minimum absolute atomic E-state index is 0.00801. The molecule has 0 saturated carbocycles. The van der Waals surface area contributed by atoms with E-state index in [-0.39, 0.29) is 9.50 Å². The molecule has 0 unspecified atom stereocenters. The van der Waals surface area contributed by atoms with Crippen LogP contribution in [0.25, 0.3) is 0 Å². The second-order valence-electron chi connectivity index (χ2n) is 1.97. The first kappa shape index (κ1) is 2.70. The molecule has 1 aliphatic rings. The van der Waals surface area contributed by atoms with Crippen LogP contribution in [0.5, 0.6) is 0 Å². The number of hydrogen-bond donors (Lipinski definition) is 0. The van der Waals surface area contributed by atoms with E-state index in [1.54, 1.807) is 0 Å². The Morgan fingerprint density at radius 1 is 1.54 bits per heavy atom. The molecule has 0 radical (unpaired) electrons. The Balaban J connectivity index is 2.83. The van der Waals surface area contributed by atoms with E-state index in [0.29, 0.717) is 0 Å². The molecule has 1 aliphatic heterocycles. The zero-order chi connectivity index (χ0) is 18.9. The third kappa shape index (κ3) is 2.19. The molecule has 0 aromatic carbocycles. The molecule has 2 heterocycles. The van der Waals surface area contributed by atoms with Crippen LogP contribution < -0.4 is 4.90 Å². The minimum Gasteiger partial charge on any atom is -0.378 e. The molecular formula is C9H11BrN2O. The second-order valence-corrected chi connectivity index (χ2v) is 2.72. The highest BCUT2D eigenvalue weighted by Gasteiger charge is 2.11. The Kier molecular flexibility index (Phi) is 0.845. The van der Waals surface area contributed by atoms with E-state index in [2.05, 4.69) is 25.7 Å². The van der Waals surface area contributed by atoms with Crippen molar-refractivity contribution in [2.24, 2.45) is 0 Å². The van der Waals surface area contributed by atoms with Crippen molar-refractivity contribution >= 4 is 21.7 Å². The Bertz CT molecular complexity index is 669. The lowest BCUT2D eigenvalue weighted by molar-refractivity contribution is 0.122. The summed E-state index contributed by atoms with van der Waals surface area (Å²) in [6.45, 7) is -13.1. The van der Waals surface area contributed by atoms with Gasteiger partial charge in [0, 0.05) is 13.0 Å². The van der Waals surface area contributed by atoms with Gasteiger partial charge >= 0.3 is 0 Å². The highest BCUT2D eigenvalue weighted by Crippen LogP contribution is 2.15. The summed E-state index contributed by atoms with van der Waals surface area (Å²) in [5.41, 5.74) is 0. The summed E-state index contributed by atoms with van der Waals surface area (Å²) in [5.74, 6) is -0.825. The Labute approximate surface area is 101 Å². The summed E-state index contributed by atoms with van der Waals surface area (Å²) in [4.78, 5) is 3.67. The van der Waals surface area contributed by atoms with E-state index < -0.39 is 50.1 Å². The van der Waals surface area contributed by atoms with Crippen LogP contribution in [-0.2, 0) is 4.74 Å². The number of pyridine rings is 1. The highest BCUT2D eigenvalue weighted by atomic mass is 79.9. The number of morpholine rings is 1. The van der Waals surface area contributed by atoms with Gasteiger partial charge in [-0.1, -0.05) is 6.04 Å². The summed E-state index contributed by atoms with van der Waals surface area (Å²) in [5, 5.41) is 0. The van der Waals surface area contributed by atoms with E-state index >= 15 is 0 Å². The van der Waals surface area contributed by atoms with Crippen LogP contribution in [0.1, 0.15) is 15.1 Å². The molecule has 4 heteroatoms. The second kappa shape index (κ2) is 4.07. The molecule has 1 fully saturated rings. The molecular weight excluding hydrogens is 232 g/mol. The summed E-state index contributed by atoms with van der Waals surface area (Å²) >= 11 is 2.84. The fourth-order valence-corrected chi connectivity index (χ4v) is 0.957. The monoisotopic (exact) mass is 253 g/mol. The van der Waals surface area contributed by atoms with E-state index in [9.17, 15) is 0 Å². The van der Waals surface area contributed by atoms with E-state index in [0.717, 1.165) is 0 Å². The van der Waals surface area contributed by atoms with Crippen LogP contribution in [-0.4, -0.2) is 31.1 Å². The van der Waals surface area contributed by atoms with Gasteiger partial charge < -0.3 is 9.64 Å². The van der Waals surface area contributed by atoms with Crippen LogP contribution in [0.4, 0.5) is 5.82 Å². The fourth-order valence-electron chi connectivity index (χ4n) is 0.690.